The van der Waals surface area contributed by atoms with E-state index in [9.17, 15) is 27.9 Å². The van der Waals surface area contributed by atoms with Gasteiger partial charge in [0.1, 0.15) is 12.4 Å². The summed E-state index contributed by atoms with van der Waals surface area (Å²) in [5.41, 5.74) is 2.58. The van der Waals surface area contributed by atoms with Crippen LogP contribution in [0.1, 0.15) is 30.9 Å². The molecule has 29 heavy (non-hydrogen) atoms. The first-order chi connectivity index (χ1) is 13.6. The Bertz CT molecular complexity index is 1080. The number of hydrogen-bond donors (Lipinski definition) is 2. The fourth-order valence-electron chi connectivity index (χ4n) is 4.10. The Balaban J connectivity index is 1.85. The number of nitrogens with zero attached hydrogens (tertiary/aromatic N) is 2. The number of pyridine rings is 1. The predicted molar refractivity (Wildman–Crippen MR) is 99.0 cm³/mol. The SMILES string of the molecule is Cc1c(N2CCC(F)(COC(N)=O)C2)c(F)c(F)c2c(O)cc(=O)n(C3CC3)c12. The first-order valence-corrected chi connectivity index (χ1v) is 9.25. The lowest BCUT2D eigenvalue weighted by atomic mass is 10.0. The fourth-order valence-corrected chi connectivity index (χ4v) is 4.10. The number of aromatic hydroxyl groups is 1. The van der Waals surface area contributed by atoms with Crippen LogP contribution < -0.4 is 16.2 Å². The Labute approximate surface area is 163 Å². The van der Waals surface area contributed by atoms with Crippen molar-refractivity contribution in [2.45, 2.75) is 37.9 Å². The Morgan fingerprint density at radius 2 is 2.07 bits per heavy atom. The van der Waals surface area contributed by atoms with Crippen molar-refractivity contribution in [3.8, 4) is 5.75 Å². The lowest BCUT2D eigenvalue weighted by Gasteiger charge is -2.26. The molecule has 7 nitrogen and oxygen atoms in total. The van der Waals surface area contributed by atoms with E-state index in [1.54, 1.807) is 0 Å². The van der Waals surface area contributed by atoms with Gasteiger partial charge in [-0.3, -0.25) is 4.79 Å². The zero-order chi connectivity index (χ0) is 21.1. The number of fused-ring (bicyclic) bond motifs is 1. The third-order valence-corrected chi connectivity index (χ3v) is 5.57. The number of amides is 1. The zero-order valence-corrected chi connectivity index (χ0v) is 15.7. The van der Waals surface area contributed by atoms with Gasteiger partial charge in [0.05, 0.1) is 23.1 Å². The van der Waals surface area contributed by atoms with Crippen LogP contribution in [-0.4, -0.2) is 41.1 Å². The van der Waals surface area contributed by atoms with Crippen molar-refractivity contribution < 1.29 is 27.8 Å². The van der Waals surface area contributed by atoms with Gasteiger partial charge in [0.25, 0.3) is 5.56 Å². The van der Waals surface area contributed by atoms with Crippen LogP contribution in [0.5, 0.6) is 5.75 Å². The third-order valence-electron chi connectivity index (χ3n) is 5.57. The van der Waals surface area contributed by atoms with Gasteiger partial charge in [-0.15, -0.1) is 0 Å². The van der Waals surface area contributed by atoms with Crippen molar-refractivity contribution in [1.82, 2.24) is 4.57 Å². The minimum absolute atomic E-state index is 0.0494. The highest BCUT2D eigenvalue weighted by Gasteiger charge is 2.42. The number of halogens is 3. The Hall–Kier alpha value is -2.91. The van der Waals surface area contributed by atoms with Crippen molar-refractivity contribution in [3.05, 3.63) is 33.6 Å². The van der Waals surface area contributed by atoms with E-state index in [2.05, 4.69) is 4.74 Å². The molecule has 1 aliphatic carbocycles. The number of benzene rings is 1. The number of primary amides is 1. The summed E-state index contributed by atoms with van der Waals surface area (Å²) >= 11 is 0. The lowest BCUT2D eigenvalue weighted by Crippen LogP contribution is -2.36. The third kappa shape index (κ3) is 3.16. The van der Waals surface area contributed by atoms with Crippen LogP contribution in [0.25, 0.3) is 10.9 Å². The van der Waals surface area contributed by atoms with Gasteiger partial charge in [-0.25, -0.2) is 18.0 Å². The number of anilines is 1. The molecule has 0 radical (unpaired) electrons. The first-order valence-electron chi connectivity index (χ1n) is 9.25. The summed E-state index contributed by atoms with van der Waals surface area (Å²) < 4.78 is 50.8. The van der Waals surface area contributed by atoms with Gasteiger partial charge in [-0.1, -0.05) is 0 Å². The molecule has 3 N–H and O–H groups in total. The van der Waals surface area contributed by atoms with E-state index >= 15 is 0 Å². The summed E-state index contributed by atoms with van der Waals surface area (Å²) in [6.07, 6.45) is 0.238. The molecule has 2 heterocycles. The number of hydrogen-bond acceptors (Lipinski definition) is 5. The maximum absolute atomic E-state index is 15.0. The molecule has 1 saturated carbocycles. The summed E-state index contributed by atoms with van der Waals surface area (Å²) in [6, 6.07) is 0.733. The van der Waals surface area contributed by atoms with Crippen molar-refractivity contribution in [2.24, 2.45) is 5.73 Å². The van der Waals surface area contributed by atoms with Gasteiger partial charge in [-0.05, 0) is 19.8 Å². The summed E-state index contributed by atoms with van der Waals surface area (Å²) in [5.74, 6) is -3.16. The second kappa shape index (κ2) is 6.57. The molecule has 2 fully saturated rings. The molecular weight excluding hydrogens is 391 g/mol. The van der Waals surface area contributed by atoms with Crippen LogP contribution in [0.2, 0.25) is 0 Å². The molecule has 1 unspecified atom stereocenters. The van der Waals surface area contributed by atoms with Gasteiger partial charge in [-0.2, -0.15) is 0 Å². The standard InChI is InChI=1S/C19H20F3N3O4/c1-9-16-13(11(26)6-12(27)25(16)10-2-3-10)14(20)15(21)17(9)24-5-4-19(22,7-24)8-29-18(23)28/h6,10,26H,2-5,7-8H2,1H3,(H2,23,28). The maximum atomic E-state index is 15.0. The number of ether oxygens (including phenoxy) is 1. The van der Waals surface area contributed by atoms with Crippen LogP contribution in [0.3, 0.4) is 0 Å². The molecule has 0 bridgehead atoms. The highest BCUT2D eigenvalue weighted by atomic mass is 19.2. The number of aromatic nitrogens is 1. The molecule has 10 heteroatoms. The summed E-state index contributed by atoms with van der Waals surface area (Å²) in [5, 5.41) is 9.75. The van der Waals surface area contributed by atoms with Crippen LogP contribution in [0, 0.1) is 18.6 Å². The van der Waals surface area contributed by atoms with E-state index in [1.165, 1.54) is 16.4 Å². The van der Waals surface area contributed by atoms with E-state index in [0.717, 1.165) is 18.9 Å². The van der Waals surface area contributed by atoms with Gasteiger partial charge >= 0.3 is 6.09 Å². The van der Waals surface area contributed by atoms with Gasteiger partial charge in [0, 0.05) is 30.6 Å². The van der Waals surface area contributed by atoms with Crippen molar-refractivity contribution in [2.75, 3.05) is 24.6 Å². The monoisotopic (exact) mass is 411 g/mol. The molecular formula is C19H20F3N3O4. The normalized spacial score (nSPS) is 21.7. The molecule has 1 aromatic carbocycles. The van der Waals surface area contributed by atoms with E-state index in [0.29, 0.717) is 0 Å². The Morgan fingerprint density at radius 3 is 2.69 bits per heavy atom. The minimum Gasteiger partial charge on any atom is -0.507 e. The summed E-state index contributed by atoms with van der Waals surface area (Å²) in [4.78, 5) is 24.5. The van der Waals surface area contributed by atoms with Crippen LogP contribution >= 0.6 is 0 Å². The number of alkyl halides is 1. The Kier molecular flexibility index (Phi) is 4.39. The minimum atomic E-state index is -1.96. The average Bonchev–Trinajstić information content (AvgIpc) is 3.40. The number of carbonyl (C=O) groups excluding carboxylic acids is 1. The molecule has 1 amide bonds. The summed E-state index contributed by atoms with van der Waals surface area (Å²) in [7, 11) is 0. The quantitative estimate of drug-likeness (QED) is 0.806. The van der Waals surface area contributed by atoms with Crippen molar-refractivity contribution >= 4 is 22.7 Å². The van der Waals surface area contributed by atoms with Crippen molar-refractivity contribution in [3.63, 3.8) is 0 Å². The zero-order valence-electron chi connectivity index (χ0n) is 15.7. The topological polar surface area (TPSA) is 97.8 Å². The highest BCUT2D eigenvalue weighted by Crippen LogP contribution is 2.43. The van der Waals surface area contributed by atoms with E-state index in [1.807, 2.05) is 0 Å². The molecule has 156 valence electrons. The Morgan fingerprint density at radius 1 is 1.38 bits per heavy atom. The smallest absolute Gasteiger partial charge is 0.404 e. The molecule has 1 aromatic heterocycles. The molecule has 2 aromatic rings. The van der Waals surface area contributed by atoms with Crippen LogP contribution in [0.4, 0.5) is 23.7 Å². The van der Waals surface area contributed by atoms with E-state index < -0.39 is 41.3 Å². The van der Waals surface area contributed by atoms with Gasteiger partial charge in [0.15, 0.2) is 17.3 Å². The second-order valence-electron chi connectivity index (χ2n) is 7.72. The van der Waals surface area contributed by atoms with Crippen molar-refractivity contribution in [1.29, 1.82) is 0 Å². The van der Waals surface area contributed by atoms with Crippen LogP contribution in [0.15, 0.2) is 10.9 Å². The predicted octanol–water partition coefficient (Wildman–Crippen LogP) is 2.64. The van der Waals surface area contributed by atoms with E-state index in [4.69, 9.17) is 5.73 Å². The van der Waals surface area contributed by atoms with Crippen LogP contribution in [-0.2, 0) is 4.74 Å². The molecule has 2 aliphatic rings. The van der Waals surface area contributed by atoms with Gasteiger partial charge < -0.3 is 25.0 Å². The number of carbonyl (C=O) groups is 1. The summed E-state index contributed by atoms with van der Waals surface area (Å²) in [6.45, 7) is 0.627. The fraction of sp³-hybridized carbons (Fsp3) is 0.474. The first kappa shape index (κ1) is 19.4. The largest absolute Gasteiger partial charge is 0.507 e. The molecule has 1 atom stereocenters. The maximum Gasteiger partial charge on any atom is 0.404 e. The highest BCUT2D eigenvalue weighted by molar-refractivity contribution is 5.92. The average molecular weight is 411 g/mol. The lowest BCUT2D eigenvalue weighted by molar-refractivity contribution is 0.0672. The molecule has 1 aliphatic heterocycles. The van der Waals surface area contributed by atoms with E-state index in [-0.39, 0.29) is 47.7 Å². The number of rotatable bonds is 4. The number of nitrogens with two attached hydrogens (primary N) is 1. The molecule has 1 saturated heterocycles. The molecule has 4 rings (SSSR count). The molecule has 0 spiro atoms. The number of aryl methyl sites for hydroxylation is 1. The second-order valence-corrected chi connectivity index (χ2v) is 7.72. The van der Waals surface area contributed by atoms with Gasteiger partial charge in [0.2, 0.25) is 0 Å².